The minimum atomic E-state index is -0.399. The van der Waals surface area contributed by atoms with E-state index in [1.165, 1.54) is 6.92 Å². The van der Waals surface area contributed by atoms with Gasteiger partial charge in [-0.1, -0.05) is 6.07 Å². The first-order chi connectivity index (χ1) is 13.3. The van der Waals surface area contributed by atoms with Crippen molar-refractivity contribution >= 4 is 23.5 Å². The second-order valence-electron chi connectivity index (χ2n) is 6.49. The van der Waals surface area contributed by atoms with Crippen molar-refractivity contribution in [2.75, 3.05) is 24.6 Å². The monoisotopic (exact) mass is 382 g/mol. The second kappa shape index (κ2) is 9.69. The molecule has 2 aromatic carbocycles. The maximum Gasteiger partial charge on any atom is 0.338 e. The second-order valence-corrected chi connectivity index (χ2v) is 6.49. The first kappa shape index (κ1) is 21.2. The van der Waals surface area contributed by atoms with Crippen LogP contribution in [0.4, 0.5) is 5.69 Å². The van der Waals surface area contributed by atoms with Gasteiger partial charge in [0.1, 0.15) is 0 Å². The van der Waals surface area contributed by atoms with Gasteiger partial charge in [-0.25, -0.2) is 4.79 Å². The lowest BCUT2D eigenvalue weighted by Crippen LogP contribution is -2.37. The third kappa shape index (κ3) is 5.42. The van der Waals surface area contributed by atoms with Crippen molar-refractivity contribution in [3.63, 3.8) is 0 Å². The van der Waals surface area contributed by atoms with E-state index in [1.807, 2.05) is 26.0 Å². The molecule has 0 aliphatic carbocycles. The van der Waals surface area contributed by atoms with Gasteiger partial charge in [0.15, 0.2) is 0 Å². The Morgan fingerprint density at radius 1 is 0.964 bits per heavy atom. The minimum Gasteiger partial charge on any atom is -0.462 e. The van der Waals surface area contributed by atoms with E-state index in [-0.39, 0.29) is 11.8 Å². The normalized spacial score (nSPS) is 10.3. The molecule has 0 aliphatic rings. The Hall–Kier alpha value is -3.15. The van der Waals surface area contributed by atoms with Crippen molar-refractivity contribution in [2.24, 2.45) is 0 Å². The zero-order chi connectivity index (χ0) is 20.7. The van der Waals surface area contributed by atoms with Gasteiger partial charge >= 0.3 is 5.97 Å². The molecule has 0 atom stereocenters. The van der Waals surface area contributed by atoms with Crippen LogP contribution >= 0.6 is 0 Å². The Bertz CT molecular complexity index is 859. The number of anilines is 1. The molecule has 0 heterocycles. The van der Waals surface area contributed by atoms with Crippen LogP contribution in [0.25, 0.3) is 0 Å². The summed E-state index contributed by atoms with van der Waals surface area (Å²) in [5, 5.41) is 2.84. The molecule has 1 N–H and O–H groups in total. The molecule has 0 saturated carbocycles. The van der Waals surface area contributed by atoms with Crippen LogP contribution in [-0.2, 0) is 9.53 Å². The van der Waals surface area contributed by atoms with E-state index in [4.69, 9.17) is 4.74 Å². The fourth-order valence-corrected chi connectivity index (χ4v) is 2.73. The Labute approximate surface area is 165 Å². The van der Waals surface area contributed by atoms with Crippen molar-refractivity contribution in [1.29, 1.82) is 0 Å². The fraction of sp³-hybridized carbons (Fsp3) is 0.318. The number of nitrogens with one attached hydrogen (secondary N) is 1. The van der Waals surface area contributed by atoms with Gasteiger partial charge in [0.05, 0.1) is 12.2 Å². The summed E-state index contributed by atoms with van der Waals surface area (Å²) in [5.74, 6) is -0.724. The summed E-state index contributed by atoms with van der Waals surface area (Å²) in [6.07, 6.45) is 0. The predicted molar refractivity (Wildman–Crippen MR) is 109 cm³/mol. The summed E-state index contributed by atoms with van der Waals surface area (Å²) in [4.78, 5) is 37.6. The Balaban J connectivity index is 1.99. The molecule has 0 fully saturated rings. The van der Waals surface area contributed by atoms with Crippen LogP contribution in [0.15, 0.2) is 42.5 Å². The molecule has 6 nitrogen and oxygen atoms in total. The SMILES string of the molecule is CCOC(=O)c1ccc(N(CCNC(=O)c2ccc(C)c(C)c2)C(C)=O)cc1. The zero-order valence-corrected chi connectivity index (χ0v) is 16.7. The molecule has 0 radical (unpaired) electrons. The first-order valence-corrected chi connectivity index (χ1v) is 9.24. The summed E-state index contributed by atoms with van der Waals surface area (Å²) in [7, 11) is 0. The largest absolute Gasteiger partial charge is 0.462 e. The van der Waals surface area contributed by atoms with E-state index in [1.54, 1.807) is 42.2 Å². The van der Waals surface area contributed by atoms with Gasteiger partial charge < -0.3 is 15.0 Å². The van der Waals surface area contributed by atoms with Gasteiger partial charge in [-0.05, 0) is 68.3 Å². The van der Waals surface area contributed by atoms with E-state index < -0.39 is 5.97 Å². The Morgan fingerprint density at radius 2 is 1.61 bits per heavy atom. The molecular weight excluding hydrogens is 356 g/mol. The van der Waals surface area contributed by atoms with Crippen molar-refractivity contribution < 1.29 is 19.1 Å². The van der Waals surface area contributed by atoms with Gasteiger partial charge in [-0.2, -0.15) is 0 Å². The Morgan fingerprint density at radius 3 is 2.18 bits per heavy atom. The van der Waals surface area contributed by atoms with Crippen LogP contribution in [0, 0.1) is 13.8 Å². The third-order valence-electron chi connectivity index (χ3n) is 4.46. The molecule has 0 saturated heterocycles. The quantitative estimate of drug-likeness (QED) is 0.746. The van der Waals surface area contributed by atoms with Crippen LogP contribution in [0.2, 0.25) is 0 Å². The molecule has 148 valence electrons. The van der Waals surface area contributed by atoms with Crippen molar-refractivity contribution in [3.05, 3.63) is 64.7 Å². The molecule has 0 spiro atoms. The summed E-state index contributed by atoms with van der Waals surface area (Å²) in [6.45, 7) is 8.11. The van der Waals surface area contributed by atoms with Crippen LogP contribution in [0.3, 0.4) is 0 Å². The van der Waals surface area contributed by atoms with E-state index in [0.717, 1.165) is 11.1 Å². The van der Waals surface area contributed by atoms with E-state index in [2.05, 4.69) is 5.32 Å². The lowest BCUT2D eigenvalue weighted by atomic mass is 10.1. The van der Waals surface area contributed by atoms with E-state index in [9.17, 15) is 14.4 Å². The van der Waals surface area contributed by atoms with Crippen molar-refractivity contribution in [3.8, 4) is 0 Å². The van der Waals surface area contributed by atoms with Crippen molar-refractivity contribution in [1.82, 2.24) is 5.32 Å². The number of esters is 1. The average molecular weight is 382 g/mol. The van der Waals surface area contributed by atoms with Crippen LogP contribution < -0.4 is 10.2 Å². The summed E-state index contributed by atoms with van der Waals surface area (Å²) in [6, 6.07) is 12.2. The van der Waals surface area contributed by atoms with Gasteiger partial charge in [0.2, 0.25) is 5.91 Å². The number of amides is 2. The highest BCUT2D eigenvalue weighted by atomic mass is 16.5. The number of hydrogen-bond donors (Lipinski definition) is 1. The average Bonchev–Trinajstić information content (AvgIpc) is 2.67. The highest BCUT2D eigenvalue weighted by molar-refractivity contribution is 5.95. The number of carbonyl (C=O) groups is 3. The standard InChI is InChI=1S/C22H26N2O4/c1-5-28-22(27)18-8-10-20(11-9-18)24(17(4)25)13-12-23-21(26)19-7-6-15(2)16(3)14-19/h6-11,14H,5,12-13H2,1-4H3,(H,23,26). The fourth-order valence-electron chi connectivity index (χ4n) is 2.73. The topological polar surface area (TPSA) is 75.7 Å². The number of benzene rings is 2. The van der Waals surface area contributed by atoms with Crippen LogP contribution in [-0.4, -0.2) is 37.5 Å². The molecule has 0 bridgehead atoms. The van der Waals surface area contributed by atoms with Crippen LogP contribution in [0.5, 0.6) is 0 Å². The lowest BCUT2D eigenvalue weighted by molar-refractivity contribution is -0.116. The maximum atomic E-state index is 12.3. The highest BCUT2D eigenvalue weighted by Crippen LogP contribution is 2.16. The number of hydrogen-bond acceptors (Lipinski definition) is 4. The van der Waals surface area contributed by atoms with Gasteiger partial charge in [-0.3, -0.25) is 9.59 Å². The highest BCUT2D eigenvalue weighted by Gasteiger charge is 2.14. The molecule has 0 unspecified atom stereocenters. The smallest absolute Gasteiger partial charge is 0.338 e. The molecule has 0 aromatic heterocycles. The molecule has 2 amide bonds. The number of carbonyl (C=O) groups excluding carboxylic acids is 3. The van der Waals surface area contributed by atoms with Gasteiger partial charge in [-0.15, -0.1) is 0 Å². The summed E-state index contributed by atoms with van der Waals surface area (Å²) in [5.41, 5.74) is 3.86. The van der Waals surface area contributed by atoms with E-state index in [0.29, 0.717) is 36.5 Å². The van der Waals surface area contributed by atoms with Crippen LogP contribution in [0.1, 0.15) is 45.7 Å². The molecule has 0 aliphatic heterocycles. The predicted octanol–water partition coefficient (Wildman–Crippen LogP) is 3.26. The first-order valence-electron chi connectivity index (χ1n) is 9.24. The summed E-state index contributed by atoms with van der Waals surface area (Å²) < 4.78 is 4.96. The summed E-state index contributed by atoms with van der Waals surface area (Å²) >= 11 is 0. The molecule has 28 heavy (non-hydrogen) atoms. The molecule has 2 aromatic rings. The number of rotatable bonds is 7. The number of ether oxygens (including phenoxy) is 1. The molecule has 6 heteroatoms. The number of aryl methyl sites for hydroxylation is 2. The third-order valence-corrected chi connectivity index (χ3v) is 4.46. The van der Waals surface area contributed by atoms with Crippen molar-refractivity contribution in [2.45, 2.75) is 27.7 Å². The van der Waals surface area contributed by atoms with Gasteiger partial charge in [0, 0.05) is 31.3 Å². The Kier molecular flexibility index (Phi) is 7.32. The minimum absolute atomic E-state index is 0.149. The zero-order valence-electron chi connectivity index (χ0n) is 16.7. The lowest BCUT2D eigenvalue weighted by Gasteiger charge is -2.21. The number of nitrogens with zero attached hydrogens (tertiary/aromatic N) is 1. The van der Waals surface area contributed by atoms with E-state index >= 15 is 0 Å². The maximum absolute atomic E-state index is 12.3. The molecular formula is C22H26N2O4. The van der Waals surface area contributed by atoms with Gasteiger partial charge in [0.25, 0.3) is 5.91 Å². The molecule has 2 rings (SSSR count).